The van der Waals surface area contributed by atoms with Crippen molar-refractivity contribution in [3.8, 4) is 0 Å². The first kappa shape index (κ1) is 21.9. The van der Waals surface area contributed by atoms with Crippen molar-refractivity contribution in [3.05, 3.63) is 42.0 Å². The normalized spacial score (nSPS) is 21.8. The molecule has 1 amide bonds. The molecule has 5 rings (SSSR count). The molecule has 1 aromatic carbocycles. The van der Waals surface area contributed by atoms with Crippen LogP contribution in [0.4, 0.5) is 10.5 Å². The topological polar surface area (TPSA) is 110 Å². The van der Waals surface area contributed by atoms with Crippen molar-refractivity contribution in [3.63, 3.8) is 0 Å². The number of aromatic nitrogens is 4. The number of hydrogen-bond acceptors (Lipinski definition) is 5. The quantitative estimate of drug-likeness (QED) is 0.622. The Kier molecular flexibility index (Phi) is 5.43. The van der Waals surface area contributed by atoms with E-state index in [1.807, 2.05) is 36.0 Å². The van der Waals surface area contributed by atoms with Crippen LogP contribution in [0.3, 0.4) is 0 Å². The van der Waals surface area contributed by atoms with Gasteiger partial charge in [0.25, 0.3) is 0 Å². The Morgan fingerprint density at radius 2 is 2.00 bits per heavy atom. The molecule has 0 unspecified atom stereocenters. The maximum atomic E-state index is 12.1. The number of carboxylic acid groups (broad SMARTS) is 1. The number of fused-ring (bicyclic) bond motifs is 3. The molecule has 33 heavy (non-hydrogen) atoms. The summed E-state index contributed by atoms with van der Waals surface area (Å²) in [5.41, 5.74) is 3.46. The summed E-state index contributed by atoms with van der Waals surface area (Å²) in [7, 11) is -2.99. The minimum atomic E-state index is -2.99. The fourth-order valence-electron chi connectivity index (χ4n) is 5.35. The zero-order valence-corrected chi connectivity index (χ0v) is 19.7. The maximum absolute atomic E-state index is 12.1. The summed E-state index contributed by atoms with van der Waals surface area (Å²) in [6, 6.07) is 5.70. The van der Waals surface area contributed by atoms with Crippen LogP contribution >= 0.6 is 0 Å². The minimum Gasteiger partial charge on any atom is -0.465 e. The molecule has 9 nitrogen and oxygen atoms in total. The first-order valence-electron chi connectivity index (χ1n) is 11.5. The van der Waals surface area contributed by atoms with E-state index in [0.29, 0.717) is 25.1 Å². The average molecular weight is 472 g/mol. The number of imidazole rings is 1. The van der Waals surface area contributed by atoms with Crippen LogP contribution in [0.2, 0.25) is 0 Å². The first-order valence-corrected chi connectivity index (χ1v) is 13.3. The number of hydrogen-bond donors (Lipinski definition) is 1. The minimum absolute atomic E-state index is 0.0459. The van der Waals surface area contributed by atoms with Gasteiger partial charge in [-0.1, -0.05) is 6.92 Å². The number of amides is 1. The molecule has 176 valence electrons. The molecule has 2 atom stereocenters. The van der Waals surface area contributed by atoms with Gasteiger partial charge in [-0.25, -0.2) is 18.2 Å². The highest BCUT2D eigenvalue weighted by atomic mass is 32.2. The Bertz CT molecular complexity index is 1280. The molecule has 0 spiro atoms. The van der Waals surface area contributed by atoms with Crippen molar-refractivity contribution in [1.29, 1.82) is 0 Å². The third kappa shape index (κ3) is 3.90. The Labute approximate surface area is 192 Å². The van der Waals surface area contributed by atoms with Crippen LogP contribution in [0.5, 0.6) is 0 Å². The highest BCUT2D eigenvalue weighted by molar-refractivity contribution is 7.91. The summed E-state index contributed by atoms with van der Waals surface area (Å²) in [5, 5.41) is 14.1. The van der Waals surface area contributed by atoms with Crippen LogP contribution in [0.15, 0.2) is 30.6 Å². The van der Waals surface area contributed by atoms with Crippen molar-refractivity contribution < 1.29 is 18.3 Å². The number of rotatable bonds is 4. The Hall–Kier alpha value is -2.88. The second-order valence-corrected chi connectivity index (χ2v) is 11.6. The van der Waals surface area contributed by atoms with Gasteiger partial charge in [0.2, 0.25) is 0 Å². The van der Waals surface area contributed by atoms with Gasteiger partial charge in [-0.15, -0.1) is 0 Å². The van der Waals surface area contributed by atoms with Crippen molar-refractivity contribution in [2.75, 3.05) is 16.4 Å². The predicted molar refractivity (Wildman–Crippen MR) is 126 cm³/mol. The summed E-state index contributed by atoms with van der Waals surface area (Å²) < 4.78 is 28.3. The standard InChI is InChI=1S/C23H29N5O4S/c1-15(14-26-11-3-10-24-26)22-25-21-18-5-4-16(2)27(23(29)30)19(18)6-7-20(21)28(22)17-8-12-33(31,32)13-9-17/h3,6-7,10-11,15-17H,4-5,8-9,12-14H2,1-2H3,(H,29,30)/t15-,16+/m1/s1. The summed E-state index contributed by atoms with van der Waals surface area (Å²) in [4.78, 5) is 18.5. The van der Waals surface area contributed by atoms with Gasteiger partial charge in [-0.2, -0.15) is 5.10 Å². The lowest BCUT2D eigenvalue weighted by Crippen LogP contribution is -2.41. The second kappa shape index (κ2) is 8.16. The van der Waals surface area contributed by atoms with Gasteiger partial charge in [0.05, 0.1) is 34.8 Å². The Morgan fingerprint density at radius 3 is 2.67 bits per heavy atom. The van der Waals surface area contributed by atoms with E-state index in [1.165, 1.54) is 4.90 Å². The largest absolute Gasteiger partial charge is 0.465 e. The molecular formula is C23H29N5O4S. The number of sulfone groups is 1. The first-order chi connectivity index (χ1) is 15.7. The molecule has 2 aliphatic heterocycles. The van der Waals surface area contributed by atoms with E-state index in [2.05, 4.69) is 16.6 Å². The van der Waals surface area contributed by atoms with E-state index < -0.39 is 15.9 Å². The maximum Gasteiger partial charge on any atom is 0.412 e. The molecular weight excluding hydrogens is 442 g/mol. The summed E-state index contributed by atoms with van der Waals surface area (Å²) in [6.07, 6.45) is 5.35. The highest BCUT2D eigenvalue weighted by Gasteiger charge is 2.33. The molecule has 3 aromatic rings. The number of nitrogens with zero attached hydrogens (tertiary/aromatic N) is 5. The monoisotopic (exact) mass is 471 g/mol. The smallest absolute Gasteiger partial charge is 0.412 e. The van der Waals surface area contributed by atoms with E-state index in [0.717, 1.165) is 35.3 Å². The van der Waals surface area contributed by atoms with E-state index in [1.54, 1.807) is 6.20 Å². The average Bonchev–Trinajstić information content (AvgIpc) is 3.41. The Morgan fingerprint density at radius 1 is 1.24 bits per heavy atom. The molecule has 4 heterocycles. The zero-order chi connectivity index (χ0) is 23.3. The van der Waals surface area contributed by atoms with Crippen LogP contribution < -0.4 is 4.90 Å². The number of benzene rings is 1. The molecule has 0 bridgehead atoms. The summed E-state index contributed by atoms with van der Waals surface area (Å²) in [5.74, 6) is 1.31. The van der Waals surface area contributed by atoms with Gasteiger partial charge in [-0.3, -0.25) is 9.58 Å². The summed E-state index contributed by atoms with van der Waals surface area (Å²) >= 11 is 0. The fraction of sp³-hybridized carbons (Fsp3) is 0.522. The molecule has 1 fully saturated rings. The SMILES string of the molecule is C[C@H](Cn1cccn1)c1nc2c3c(ccc2n1C1CCS(=O)(=O)CC1)N(C(=O)O)[C@@H](C)CC3. The van der Waals surface area contributed by atoms with Crippen LogP contribution in [-0.4, -0.2) is 56.5 Å². The van der Waals surface area contributed by atoms with Gasteiger partial charge < -0.3 is 9.67 Å². The molecule has 10 heteroatoms. The molecule has 1 saturated heterocycles. The third-order valence-corrected chi connectivity index (χ3v) is 8.75. The van der Waals surface area contributed by atoms with Crippen LogP contribution in [0, 0.1) is 0 Å². The zero-order valence-electron chi connectivity index (χ0n) is 18.9. The van der Waals surface area contributed by atoms with Crippen molar-refractivity contribution in [2.45, 2.75) is 64.1 Å². The second-order valence-electron chi connectivity index (χ2n) is 9.32. The van der Waals surface area contributed by atoms with Crippen LogP contribution in [0.1, 0.15) is 56.5 Å². The van der Waals surface area contributed by atoms with E-state index in [-0.39, 0.29) is 29.5 Å². The van der Waals surface area contributed by atoms with E-state index in [4.69, 9.17) is 4.98 Å². The molecule has 0 radical (unpaired) electrons. The Balaban J connectivity index is 1.64. The van der Waals surface area contributed by atoms with Gasteiger partial charge in [0.15, 0.2) is 0 Å². The van der Waals surface area contributed by atoms with Gasteiger partial charge in [0, 0.05) is 36.0 Å². The molecule has 0 saturated carbocycles. The highest BCUT2D eigenvalue weighted by Crippen LogP contribution is 2.39. The lowest BCUT2D eigenvalue weighted by atomic mass is 9.95. The number of aryl methyl sites for hydroxylation is 1. The van der Waals surface area contributed by atoms with Crippen molar-refractivity contribution >= 4 is 32.7 Å². The van der Waals surface area contributed by atoms with E-state index >= 15 is 0 Å². The predicted octanol–water partition coefficient (Wildman–Crippen LogP) is 3.61. The number of carbonyl (C=O) groups is 1. The van der Waals surface area contributed by atoms with Gasteiger partial charge >= 0.3 is 6.09 Å². The fourth-order valence-corrected chi connectivity index (χ4v) is 6.81. The lowest BCUT2D eigenvalue weighted by molar-refractivity contribution is 0.198. The molecule has 1 N–H and O–H groups in total. The van der Waals surface area contributed by atoms with Crippen molar-refractivity contribution in [1.82, 2.24) is 19.3 Å². The van der Waals surface area contributed by atoms with Crippen LogP contribution in [-0.2, 0) is 22.8 Å². The molecule has 0 aliphatic carbocycles. The molecule has 2 aromatic heterocycles. The van der Waals surface area contributed by atoms with E-state index in [9.17, 15) is 18.3 Å². The van der Waals surface area contributed by atoms with Crippen LogP contribution in [0.25, 0.3) is 11.0 Å². The third-order valence-electron chi connectivity index (χ3n) is 7.04. The lowest BCUT2D eigenvalue weighted by Gasteiger charge is -2.33. The molecule has 2 aliphatic rings. The van der Waals surface area contributed by atoms with Crippen molar-refractivity contribution in [2.24, 2.45) is 0 Å². The summed E-state index contributed by atoms with van der Waals surface area (Å²) in [6.45, 7) is 4.69. The van der Waals surface area contributed by atoms with Gasteiger partial charge in [0.1, 0.15) is 15.7 Å². The van der Waals surface area contributed by atoms with Gasteiger partial charge in [-0.05, 0) is 50.8 Å². The number of anilines is 1.